The molecule has 3 aliphatic rings. The van der Waals surface area contributed by atoms with Crippen molar-refractivity contribution in [2.24, 2.45) is 0 Å². The molecule has 210 valence electrons. The van der Waals surface area contributed by atoms with Gasteiger partial charge >= 0.3 is 5.97 Å². The van der Waals surface area contributed by atoms with E-state index in [0.717, 1.165) is 39.5 Å². The van der Waals surface area contributed by atoms with E-state index in [9.17, 15) is 9.90 Å². The highest BCUT2D eigenvalue weighted by Gasteiger charge is 2.42. The molecule has 7 rings (SSSR count). The lowest BCUT2D eigenvalue weighted by atomic mass is 9.72. The maximum atomic E-state index is 11.9. The van der Waals surface area contributed by atoms with Gasteiger partial charge < -0.3 is 9.84 Å². The number of aliphatic hydroxyl groups is 1. The lowest BCUT2D eigenvalue weighted by Crippen LogP contribution is -2.25. The summed E-state index contributed by atoms with van der Waals surface area (Å²) in [7, 11) is 1.38. The van der Waals surface area contributed by atoms with Crippen LogP contribution in [0.3, 0.4) is 0 Å². The zero-order chi connectivity index (χ0) is 28.6. The van der Waals surface area contributed by atoms with Crippen molar-refractivity contribution in [3.05, 3.63) is 142 Å². The minimum Gasteiger partial charge on any atom is -0.465 e. The Bertz CT molecular complexity index is 1740. The van der Waals surface area contributed by atoms with E-state index in [1.54, 1.807) is 12.1 Å². The minimum atomic E-state index is -0.358. The topological polar surface area (TPSA) is 108 Å². The molecule has 4 atom stereocenters. The number of allylic oxidation sites excluding steroid dienone is 8. The van der Waals surface area contributed by atoms with E-state index in [0.29, 0.717) is 18.7 Å². The van der Waals surface area contributed by atoms with Crippen molar-refractivity contribution in [2.45, 2.75) is 43.4 Å². The van der Waals surface area contributed by atoms with Crippen molar-refractivity contribution in [2.75, 3.05) is 7.11 Å². The molecule has 42 heavy (non-hydrogen) atoms. The third-order valence-corrected chi connectivity index (χ3v) is 8.38. The van der Waals surface area contributed by atoms with E-state index in [1.165, 1.54) is 7.11 Å². The highest BCUT2D eigenvalue weighted by molar-refractivity contribution is 5.89. The normalized spacial score (nSPS) is 21.6. The quantitative estimate of drug-likeness (QED) is 0.346. The number of methoxy groups -OCH3 is 1. The van der Waals surface area contributed by atoms with Crippen LogP contribution in [0.5, 0.6) is 0 Å². The van der Waals surface area contributed by atoms with E-state index in [1.807, 2.05) is 45.8 Å². The molecule has 0 saturated heterocycles. The van der Waals surface area contributed by atoms with E-state index < -0.39 is 0 Å². The molecule has 9 nitrogen and oxygen atoms in total. The van der Waals surface area contributed by atoms with E-state index >= 15 is 0 Å². The average Bonchev–Trinajstić information content (AvgIpc) is 3.64. The van der Waals surface area contributed by atoms with Crippen molar-refractivity contribution in [3.63, 3.8) is 0 Å². The molecular weight excluding hydrogens is 528 g/mol. The van der Waals surface area contributed by atoms with Crippen LogP contribution in [0.2, 0.25) is 0 Å². The van der Waals surface area contributed by atoms with Crippen molar-refractivity contribution >= 4 is 5.97 Å². The molecule has 0 radical (unpaired) electrons. The number of aliphatic hydroxyl groups excluding tert-OH is 1. The summed E-state index contributed by atoms with van der Waals surface area (Å²) in [5.41, 5.74) is 7.55. The van der Waals surface area contributed by atoms with Crippen LogP contribution >= 0.6 is 0 Å². The fourth-order valence-electron chi connectivity index (χ4n) is 6.28. The SMILES string of the molecule is COC(=O)c1ccc(Cn2nnc3c2[C@H]2C=CC=C[C@H]2c2nnn(Cc4ccc(CO)cc4)c2[C@H]2C=CC=C[C@@H]32)cc1. The summed E-state index contributed by atoms with van der Waals surface area (Å²) in [6.45, 7) is 1.11. The summed E-state index contributed by atoms with van der Waals surface area (Å²) < 4.78 is 8.86. The second-order valence-corrected chi connectivity index (χ2v) is 10.8. The average molecular weight is 559 g/mol. The lowest BCUT2D eigenvalue weighted by Gasteiger charge is -2.33. The van der Waals surface area contributed by atoms with E-state index in [-0.39, 0.29) is 36.2 Å². The number of rotatable bonds is 6. The van der Waals surface area contributed by atoms with E-state index in [2.05, 4.69) is 59.0 Å². The maximum Gasteiger partial charge on any atom is 0.337 e. The number of carbonyl (C=O) groups is 1. The first kappa shape index (κ1) is 26.0. The molecule has 0 aliphatic heterocycles. The number of nitrogens with zero attached hydrogens (tertiary/aromatic N) is 6. The summed E-state index contributed by atoms with van der Waals surface area (Å²) in [5.74, 6) is -0.465. The number of benzene rings is 2. The molecule has 0 amide bonds. The van der Waals surface area contributed by atoms with Crippen molar-refractivity contribution in [1.29, 1.82) is 0 Å². The maximum absolute atomic E-state index is 11.9. The summed E-state index contributed by atoms with van der Waals surface area (Å²) in [5, 5.41) is 28.4. The number of fused-ring (bicyclic) bond motifs is 8. The molecule has 0 fully saturated rings. The van der Waals surface area contributed by atoms with Crippen LogP contribution in [0.15, 0.2) is 97.1 Å². The Morgan fingerprint density at radius 2 is 1.12 bits per heavy atom. The predicted molar refractivity (Wildman–Crippen MR) is 156 cm³/mol. The van der Waals surface area contributed by atoms with Crippen LogP contribution in [-0.4, -0.2) is 48.2 Å². The third-order valence-electron chi connectivity index (χ3n) is 8.38. The summed E-state index contributed by atoms with van der Waals surface area (Å²) >= 11 is 0. The summed E-state index contributed by atoms with van der Waals surface area (Å²) in [6, 6.07) is 15.4. The number of hydrogen-bond donors (Lipinski definition) is 1. The number of hydrogen-bond acceptors (Lipinski definition) is 7. The number of esters is 1. The van der Waals surface area contributed by atoms with Crippen LogP contribution in [-0.2, 0) is 24.4 Å². The molecule has 2 aromatic carbocycles. The number of carbonyl (C=O) groups excluding carboxylic acids is 1. The smallest absolute Gasteiger partial charge is 0.337 e. The fourth-order valence-corrected chi connectivity index (χ4v) is 6.28. The predicted octanol–water partition coefficient (Wildman–Crippen LogP) is 4.55. The Hall–Kier alpha value is -4.89. The fraction of sp³-hybridized carbons (Fsp3) is 0.242. The van der Waals surface area contributed by atoms with Crippen LogP contribution in [0.1, 0.15) is 73.5 Å². The number of ether oxygens (including phenoxy) is 1. The summed E-state index contributed by atoms with van der Waals surface area (Å²) in [6.07, 6.45) is 17.1. The second-order valence-electron chi connectivity index (χ2n) is 10.8. The van der Waals surface area contributed by atoms with Crippen LogP contribution in [0.25, 0.3) is 0 Å². The molecule has 0 spiro atoms. The first-order valence-corrected chi connectivity index (χ1v) is 14.1. The minimum absolute atomic E-state index is 0.0137. The molecule has 0 bridgehead atoms. The van der Waals surface area contributed by atoms with Crippen molar-refractivity contribution < 1.29 is 14.6 Å². The van der Waals surface area contributed by atoms with Crippen LogP contribution in [0.4, 0.5) is 0 Å². The van der Waals surface area contributed by atoms with Crippen LogP contribution in [0, 0.1) is 0 Å². The van der Waals surface area contributed by atoms with Crippen molar-refractivity contribution in [1.82, 2.24) is 30.0 Å². The van der Waals surface area contributed by atoms with Crippen LogP contribution < -0.4 is 0 Å². The molecule has 0 saturated carbocycles. The molecule has 2 heterocycles. The second kappa shape index (κ2) is 10.8. The summed E-state index contributed by atoms with van der Waals surface area (Å²) in [4.78, 5) is 11.9. The van der Waals surface area contributed by atoms with Gasteiger partial charge in [0.1, 0.15) is 0 Å². The monoisotopic (exact) mass is 558 g/mol. The standard InChI is InChI=1S/C33H30N6O3/c1-42-33(41)24-16-14-22(15-17-24)19-39-32-28-9-5-3-7-26(28)29-31(27-8-4-2-6-25(27)30(32)35-37-39)38(36-34-29)18-21-10-12-23(20-40)13-11-21/h2-17,25-28,40H,18-20H2,1H3/t25-,26-,27+,28+/m1/s1. The largest absolute Gasteiger partial charge is 0.465 e. The van der Waals surface area contributed by atoms with Crippen molar-refractivity contribution in [3.8, 4) is 0 Å². The van der Waals surface area contributed by atoms with Gasteiger partial charge in [0.25, 0.3) is 0 Å². The van der Waals surface area contributed by atoms with Gasteiger partial charge in [0.2, 0.25) is 0 Å². The molecule has 4 aromatic rings. The molecular formula is C33H30N6O3. The number of aromatic nitrogens is 6. The Balaban J connectivity index is 1.30. The Labute approximate surface area is 243 Å². The van der Waals surface area contributed by atoms with Gasteiger partial charge in [0.05, 0.1) is 55.1 Å². The van der Waals surface area contributed by atoms with Gasteiger partial charge in [-0.05, 0) is 28.8 Å². The molecule has 3 aliphatic carbocycles. The van der Waals surface area contributed by atoms with Gasteiger partial charge in [-0.3, -0.25) is 0 Å². The van der Waals surface area contributed by atoms with Gasteiger partial charge in [-0.25, -0.2) is 14.2 Å². The first-order chi connectivity index (χ1) is 20.6. The first-order valence-electron chi connectivity index (χ1n) is 14.1. The molecule has 2 aromatic heterocycles. The van der Waals surface area contributed by atoms with E-state index in [4.69, 9.17) is 14.9 Å². The van der Waals surface area contributed by atoms with Gasteiger partial charge in [0, 0.05) is 23.7 Å². The third kappa shape index (κ3) is 4.52. The Morgan fingerprint density at radius 3 is 1.57 bits per heavy atom. The van der Waals surface area contributed by atoms with Gasteiger partial charge in [-0.1, -0.05) is 95.4 Å². The lowest BCUT2D eigenvalue weighted by molar-refractivity contribution is 0.0600. The zero-order valence-electron chi connectivity index (χ0n) is 23.1. The molecule has 9 heteroatoms. The Kier molecular flexibility index (Phi) is 6.71. The highest BCUT2D eigenvalue weighted by Crippen LogP contribution is 2.49. The zero-order valence-corrected chi connectivity index (χ0v) is 23.1. The van der Waals surface area contributed by atoms with Gasteiger partial charge in [-0.15, -0.1) is 10.2 Å². The molecule has 0 unspecified atom stereocenters. The van der Waals surface area contributed by atoms with Gasteiger partial charge in [-0.2, -0.15) is 0 Å². The Morgan fingerprint density at radius 1 is 0.690 bits per heavy atom. The highest BCUT2D eigenvalue weighted by atomic mass is 16.5. The molecule has 1 N–H and O–H groups in total. The van der Waals surface area contributed by atoms with Gasteiger partial charge in [0.15, 0.2) is 0 Å².